The number of hydrogen-bond donors (Lipinski definition) is 1. The largest absolute Gasteiger partial charge is 0.338 e. The molecule has 3 amide bonds. The number of nitrogens with one attached hydrogen (secondary N) is 1. The van der Waals surface area contributed by atoms with Crippen LogP contribution in [0.1, 0.15) is 50.2 Å². The first kappa shape index (κ1) is 18.7. The summed E-state index contributed by atoms with van der Waals surface area (Å²) in [6.45, 7) is 6.43. The summed E-state index contributed by atoms with van der Waals surface area (Å²) in [4.78, 5) is 28.8. The first-order chi connectivity index (χ1) is 12.5. The second-order valence-corrected chi connectivity index (χ2v) is 7.81. The molecule has 1 N–H and O–H groups in total. The Morgan fingerprint density at radius 3 is 2.69 bits per heavy atom. The molecule has 1 aromatic carbocycles. The first-order valence-electron chi connectivity index (χ1n) is 9.93. The van der Waals surface area contributed by atoms with Crippen molar-refractivity contribution in [2.45, 2.75) is 58.5 Å². The minimum absolute atomic E-state index is 0.0329. The van der Waals surface area contributed by atoms with Gasteiger partial charge in [0.25, 0.3) is 0 Å². The van der Waals surface area contributed by atoms with Crippen LogP contribution in [0.25, 0.3) is 0 Å². The minimum atomic E-state index is -0.403. The van der Waals surface area contributed by atoms with Crippen molar-refractivity contribution in [3.8, 4) is 0 Å². The topological polar surface area (TPSA) is 52.6 Å². The minimum Gasteiger partial charge on any atom is -0.338 e. The second-order valence-electron chi connectivity index (χ2n) is 7.81. The van der Waals surface area contributed by atoms with Gasteiger partial charge in [0.15, 0.2) is 0 Å². The van der Waals surface area contributed by atoms with E-state index in [1.165, 1.54) is 37.7 Å². The van der Waals surface area contributed by atoms with Crippen molar-refractivity contribution in [3.05, 3.63) is 35.4 Å². The fourth-order valence-corrected chi connectivity index (χ4v) is 4.12. The molecule has 26 heavy (non-hydrogen) atoms. The molecule has 1 heterocycles. The summed E-state index contributed by atoms with van der Waals surface area (Å²) in [5.74, 6) is 0.631. The normalized spacial score (nSPS) is 21.8. The zero-order chi connectivity index (χ0) is 18.5. The lowest BCUT2D eigenvalue weighted by Gasteiger charge is -2.39. The molecule has 2 fully saturated rings. The number of amides is 3. The number of aryl methyl sites for hydroxylation is 1. The summed E-state index contributed by atoms with van der Waals surface area (Å²) in [6, 6.07) is 7.75. The number of benzene rings is 1. The van der Waals surface area contributed by atoms with Crippen LogP contribution in [-0.4, -0.2) is 47.4 Å². The van der Waals surface area contributed by atoms with E-state index in [9.17, 15) is 9.59 Å². The van der Waals surface area contributed by atoms with E-state index >= 15 is 0 Å². The first-order valence-corrected chi connectivity index (χ1v) is 9.93. The maximum Gasteiger partial charge on any atom is 0.318 e. The molecule has 1 aliphatic carbocycles. The fourth-order valence-electron chi connectivity index (χ4n) is 4.12. The molecule has 2 aliphatic rings. The van der Waals surface area contributed by atoms with Crippen LogP contribution < -0.4 is 5.32 Å². The number of piperazine rings is 1. The Morgan fingerprint density at radius 1 is 1.19 bits per heavy atom. The van der Waals surface area contributed by atoms with Crippen molar-refractivity contribution in [1.29, 1.82) is 0 Å². The lowest BCUT2D eigenvalue weighted by atomic mass is 9.89. The summed E-state index contributed by atoms with van der Waals surface area (Å²) >= 11 is 0. The summed E-state index contributed by atoms with van der Waals surface area (Å²) in [6.07, 6.45) is 6.27. The zero-order valence-electron chi connectivity index (χ0n) is 16.0. The maximum atomic E-state index is 12.7. The predicted molar refractivity (Wildman–Crippen MR) is 103 cm³/mol. The highest BCUT2D eigenvalue weighted by molar-refractivity contribution is 5.88. The predicted octanol–water partition coefficient (Wildman–Crippen LogP) is 3.32. The Balaban J connectivity index is 1.52. The summed E-state index contributed by atoms with van der Waals surface area (Å²) in [5, 5.41) is 3.06. The van der Waals surface area contributed by atoms with Crippen LogP contribution in [0.3, 0.4) is 0 Å². The average Bonchev–Trinajstić information content (AvgIpc) is 2.65. The molecule has 3 rings (SSSR count). The van der Waals surface area contributed by atoms with Crippen LogP contribution in [0.2, 0.25) is 0 Å². The van der Waals surface area contributed by atoms with E-state index in [0.29, 0.717) is 25.6 Å². The lowest BCUT2D eigenvalue weighted by molar-refractivity contribution is -0.139. The van der Waals surface area contributed by atoms with E-state index in [1.54, 1.807) is 4.90 Å². The van der Waals surface area contributed by atoms with E-state index in [1.807, 2.05) is 24.0 Å². The van der Waals surface area contributed by atoms with Crippen LogP contribution in [0, 0.1) is 12.8 Å². The highest BCUT2D eigenvalue weighted by atomic mass is 16.2. The van der Waals surface area contributed by atoms with Gasteiger partial charge in [-0.3, -0.25) is 4.79 Å². The van der Waals surface area contributed by atoms with Gasteiger partial charge in [0.2, 0.25) is 5.91 Å². The Labute approximate surface area is 156 Å². The zero-order valence-corrected chi connectivity index (χ0v) is 16.0. The third kappa shape index (κ3) is 4.57. The van der Waals surface area contributed by atoms with Crippen molar-refractivity contribution in [2.24, 2.45) is 5.92 Å². The number of rotatable bonds is 4. The molecule has 0 bridgehead atoms. The Bertz CT molecular complexity index is 640. The van der Waals surface area contributed by atoms with Gasteiger partial charge in [0.05, 0.1) is 0 Å². The van der Waals surface area contributed by atoms with Gasteiger partial charge in [-0.05, 0) is 38.2 Å². The molecule has 1 saturated heterocycles. The summed E-state index contributed by atoms with van der Waals surface area (Å²) < 4.78 is 0. The average molecular weight is 357 g/mol. The van der Waals surface area contributed by atoms with Crippen LogP contribution >= 0.6 is 0 Å². The molecule has 0 spiro atoms. The highest BCUT2D eigenvalue weighted by Gasteiger charge is 2.34. The molecule has 1 atom stereocenters. The van der Waals surface area contributed by atoms with Gasteiger partial charge in [-0.2, -0.15) is 0 Å². The number of urea groups is 1. The van der Waals surface area contributed by atoms with E-state index in [0.717, 1.165) is 12.1 Å². The van der Waals surface area contributed by atoms with E-state index < -0.39 is 6.04 Å². The molecule has 5 heteroatoms. The molecule has 142 valence electrons. The van der Waals surface area contributed by atoms with Gasteiger partial charge >= 0.3 is 6.03 Å². The van der Waals surface area contributed by atoms with Gasteiger partial charge in [-0.25, -0.2) is 4.79 Å². The van der Waals surface area contributed by atoms with Crippen LogP contribution in [0.5, 0.6) is 0 Å². The van der Waals surface area contributed by atoms with E-state index in [4.69, 9.17) is 0 Å². The van der Waals surface area contributed by atoms with Crippen molar-refractivity contribution in [3.63, 3.8) is 0 Å². The molecule has 0 radical (unpaired) electrons. The van der Waals surface area contributed by atoms with Gasteiger partial charge in [-0.15, -0.1) is 0 Å². The lowest BCUT2D eigenvalue weighted by Crippen LogP contribution is -2.59. The highest BCUT2D eigenvalue weighted by Crippen LogP contribution is 2.23. The van der Waals surface area contributed by atoms with Crippen LogP contribution in [-0.2, 0) is 11.3 Å². The molecule has 1 aliphatic heterocycles. The molecule has 1 aromatic rings. The standard InChI is InChI=1S/C21H31N3O2/c1-16-7-6-10-19(13-16)15-23-11-12-24(17(2)20(23)25)21(26)22-14-18-8-4-3-5-9-18/h6-7,10,13,17-18H,3-5,8-9,11-12,14-15H2,1-2H3,(H,22,26)/t17-/m0/s1. The molecular weight excluding hydrogens is 326 g/mol. The van der Waals surface area contributed by atoms with Gasteiger partial charge < -0.3 is 15.1 Å². The van der Waals surface area contributed by atoms with Crippen LogP contribution in [0.4, 0.5) is 4.79 Å². The number of carbonyl (C=O) groups excluding carboxylic acids is 2. The third-order valence-electron chi connectivity index (χ3n) is 5.73. The SMILES string of the molecule is Cc1cccc(CN2CCN(C(=O)NCC3CCCCC3)[C@@H](C)C2=O)c1. The number of hydrogen-bond acceptors (Lipinski definition) is 2. The van der Waals surface area contributed by atoms with Gasteiger partial charge in [0, 0.05) is 26.2 Å². The summed E-state index contributed by atoms with van der Waals surface area (Å²) in [7, 11) is 0. The van der Waals surface area contributed by atoms with Crippen molar-refractivity contribution < 1.29 is 9.59 Å². The monoisotopic (exact) mass is 357 g/mol. The van der Waals surface area contributed by atoms with E-state index in [2.05, 4.69) is 24.4 Å². The Morgan fingerprint density at radius 2 is 1.96 bits per heavy atom. The Kier molecular flexibility index (Phi) is 6.17. The number of nitrogens with zero attached hydrogens (tertiary/aromatic N) is 2. The van der Waals surface area contributed by atoms with Crippen LogP contribution in [0.15, 0.2) is 24.3 Å². The quantitative estimate of drug-likeness (QED) is 0.899. The van der Waals surface area contributed by atoms with Crippen molar-refractivity contribution in [2.75, 3.05) is 19.6 Å². The van der Waals surface area contributed by atoms with Crippen molar-refractivity contribution in [1.82, 2.24) is 15.1 Å². The molecule has 0 aromatic heterocycles. The van der Waals surface area contributed by atoms with Gasteiger partial charge in [-0.1, -0.05) is 49.1 Å². The molecule has 5 nitrogen and oxygen atoms in total. The maximum absolute atomic E-state index is 12.7. The van der Waals surface area contributed by atoms with Gasteiger partial charge in [0.1, 0.15) is 6.04 Å². The second kappa shape index (κ2) is 8.56. The Hall–Kier alpha value is -2.04. The molecule has 1 saturated carbocycles. The van der Waals surface area contributed by atoms with Crippen molar-refractivity contribution >= 4 is 11.9 Å². The molecular formula is C21H31N3O2. The number of carbonyl (C=O) groups is 2. The van der Waals surface area contributed by atoms with E-state index in [-0.39, 0.29) is 11.9 Å². The smallest absolute Gasteiger partial charge is 0.318 e. The molecule has 0 unspecified atom stereocenters. The summed E-state index contributed by atoms with van der Waals surface area (Å²) in [5.41, 5.74) is 2.34. The fraction of sp³-hybridized carbons (Fsp3) is 0.619. The third-order valence-corrected chi connectivity index (χ3v) is 5.73.